The number of carbonyl (C=O) groups is 1. The van der Waals surface area contributed by atoms with Crippen LogP contribution in [-0.4, -0.2) is 22.5 Å². The van der Waals surface area contributed by atoms with Crippen LogP contribution in [0, 0.1) is 0 Å². The lowest BCUT2D eigenvalue weighted by Crippen LogP contribution is -2.25. The number of aromatic amines is 1. The molecule has 0 spiro atoms. The smallest absolute Gasteiger partial charge is 0.220 e. The molecule has 0 bridgehead atoms. The summed E-state index contributed by atoms with van der Waals surface area (Å²) in [6.07, 6.45) is 30.8. The predicted octanol–water partition coefficient (Wildman–Crippen LogP) is 7.68. The van der Waals surface area contributed by atoms with Gasteiger partial charge in [0.2, 0.25) is 5.91 Å². The van der Waals surface area contributed by atoms with Crippen LogP contribution in [-0.2, 0) is 11.2 Å². The Morgan fingerprint density at radius 1 is 0.912 bits per heavy atom. The van der Waals surface area contributed by atoms with E-state index in [0.29, 0.717) is 13.0 Å². The summed E-state index contributed by atoms with van der Waals surface area (Å²) < 4.78 is 0. The lowest BCUT2D eigenvalue weighted by Gasteiger charge is -2.04. The minimum Gasteiger partial charge on any atom is -0.508 e. The van der Waals surface area contributed by atoms with E-state index in [-0.39, 0.29) is 11.7 Å². The highest BCUT2D eigenvalue weighted by Gasteiger charge is 2.05. The first-order valence-corrected chi connectivity index (χ1v) is 12.9. The molecule has 1 amide bonds. The van der Waals surface area contributed by atoms with E-state index < -0.39 is 0 Å². The molecule has 0 saturated carbocycles. The molecular formula is C30H42N2O2. The van der Waals surface area contributed by atoms with Crippen molar-refractivity contribution < 1.29 is 9.90 Å². The molecule has 34 heavy (non-hydrogen) atoms. The monoisotopic (exact) mass is 462 g/mol. The molecule has 2 rings (SSSR count). The van der Waals surface area contributed by atoms with E-state index in [4.69, 9.17) is 0 Å². The number of phenols is 1. The van der Waals surface area contributed by atoms with Gasteiger partial charge in [0.25, 0.3) is 0 Å². The summed E-state index contributed by atoms with van der Waals surface area (Å²) in [6.45, 7) is 2.84. The molecule has 2 aromatic rings. The summed E-state index contributed by atoms with van der Waals surface area (Å²) in [5, 5.41) is 13.7. The first-order valence-electron chi connectivity index (χ1n) is 12.9. The van der Waals surface area contributed by atoms with Crippen LogP contribution in [0.3, 0.4) is 0 Å². The van der Waals surface area contributed by atoms with Gasteiger partial charge in [-0.25, -0.2) is 0 Å². The lowest BCUT2D eigenvalue weighted by molar-refractivity contribution is -0.121. The van der Waals surface area contributed by atoms with Crippen LogP contribution >= 0.6 is 0 Å². The van der Waals surface area contributed by atoms with Crippen molar-refractivity contribution in [2.75, 3.05) is 6.54 Å². The van der Waals surface area contributed by atoms with Gasteiger partial charge in [-0.3, -0.25) is 4.79 Å². The van der Waals surface area contributed by atoms with Crippen LogP contribution in [0.25, 0.3) is 10.9 Å². The summed E-state index contributed by atoms with van der Waals surface area (Å²) in [5.41, 5.74) is 2.10. The molecule has 0 unspecified atom stereocenters. The molecule has 1 aromatic heterocycles. The maximum atomic E-state index is 12.0. The third-order valence-electron chi connectivity index (χ3n) is 5.70. The minimum atomic E-state index is 0.0959. The van der Waals surface area contributed by atoms with Crippen molar-refractivity contribution in [3.05, 3.63) is 78.6 Å². The largest absolute Gasteiger partial charge is 0.508 e. The minimum absolute atomic E-state index is 0.0959. The normalized spacial score (nSPS) is 12.3. The molecule has 1 aromatic carbocycles. The highest BCUT2D eigenvalue weighted by atomic mass is 16.3. The van der Waals surface area contributed by atoms with Crippen LogP contribution in [0.1, 0.15) is 76.7 Å². The Balaban J connectivity index is 1.45. The summed E-state index contributed by atoms with van der Waals surface area (Å²) in [7, 11) is 0. The number of nitrogens with one attached hydrogen (secondary N) is 2. The van der Waals surface area contributed by atoms with Crippen molar-refractivity contribution in [2.24, 2.45) is 0 Å². The molecule has 4 heteroatoms. The Morgan fingerprint density at radius 2 is 1.56 bits per heavy atom. The summed E-state index contributed by atoms with van der Waals surface area (Å²) in [5.74, 6) is 0.354. The lowest BCUT2D eigenvalue weighted by atomic mass is 10.1. The third-order valence-corrected chi connectivity index (χ3v) is 5.70. The van der Waals surface area contributed by atoms with Crippen molar-refractivity contribution in [1.82, 2.24) is 10.3 Å². The van der Waals surface area contributed by atoms with Crippen molar-refractivity contribution in [1.29, 1.82) is 0 Å². The van der Waals surface area contributed by atoms with Crippen LogP contribution < -0.4 is 5.32 Å². The number of aromatic hydroxyl groups is 1. The third kappa shape index (κ3) is 11.7. The van der Waals surface area contributed by atoms with E-state index >= 15 is 0 Å². The Hall–Kier alpha value is -3.01. The van der Waals surface area contributed by atoms with Crippen molar-refractivity contribution in [3.63, 3.8) is 0 Å². The zero-order chi connectivity index (χ0) is 24.3. The van der Waals surface area contributed by atoms with Crippen LogP contribution in [0.2, 0.25) is 0 Å². The van der Waals surface area contributed by atoms with Gasteiger partial charge in [-0.1, -0.05) is 68.4 Å². The molecule has 0 aliphatic heterocycles. The van der Waals surface area contributed by atoms with Gasteiger partial charge < -0.3 is 15.4 Å². The number of unbranched alkanes of at least 4 members (excludes halogenated alkanes) is 4. The number of rotatable bonds is 17. The number of fused-ring (bicyclic) bond motifs is 1. The molecule has 0 atom stereocenters. The number of phenolic OH excluding ortho intramolecular Hbond substituents is 1. The van der Waals surface area contributed by atoms with Gasteiger partial charge in [-0.15, -0.1) is 0 Å². The second-order valence-electron chi connectivity index (χ2n) is 8.62. The quantitative estimate of drug-likeness (QED) is 0.167. The number of amides is 1. The molecule has 0 saturated heterocycles. The Morgan fingerprint density at radius 3 is 2.24 bits per heavy atom. The molecule has 3 N–H and O–H groups in total. The van der Waals surface area contributed by atoms with E-state index in [1.807, 2.05) is 12.3 Å². The standard InChI is InChI=1S/C30H42N2O2/c1-2-3-4-5-6-7-8-9-10-11-12-13-14-15-16-17-18-19-30(34)31-23-22-26-25-32-29-21-20-27(33)24-28(26)29/h6-7,9-10,12-13,15-16,20-21,24-25,32-33H,2-5,8,11,14,17-19,22-23H2,1H3,(H,31,34)/b7-6-,10-9-,13-12+,16-15-. The molecule has 0 aliphatic rings. The number of allylic oxidation sites excluding steroid dienone is 8. The average molecular weight is 463 g/mol. The van der Waals surface area contributed by atoms with Gasteiger partial charge in [0.1, 0.15) is 5.75 Å². The molecule has 0 aliphatic carbocycles. The van der Waals surface area contributed by atoms with Gasteiger partial charge in [-0.05, 0) is 75.1 Å². The van der Waals surface area contributed by atoms with E-state index in [9.17, 15) is 9.90 Å². The predicted molar refractivity (Wildman–Crippen MR) is 145 cm³/mol. The van der Waals surface area contributed by atoms with Crippen molar-refractivity contribution >= 4 is 16.8 Å². The maximum Gasteiger partial charge on any atom is 0.220 e. The molecule has 184 valence electrons. The van der Waals surface area contributed by atoms with E-state index in [0.717, 1.165) is 55.0 Å². The second kappa shape index (κ2) is 17.5. The average Bonchev–Trinajstić information content (AvgIpc) is 3.23. The van der Waals surface area contributed by atoms with E-state index in [2.05, 4.69) is 65.8 Å². The van der Waals surface area contributed by atoms with E-state index in [1.165, 1.54) is 25.7 Å². The number of carbonyl (C=O) groups excluding carboxylic acids is 1. The number of benzene rings is 1. The highest BCUT2D eigenvalue weighted by molar-refractivity contribution is 5.84. The number of hydrogen-bond donors (Lipinski definition) is 3. The number of aromatic nitrogens is 1. The van der Waals surface area contributed by atoms with Crippen LogP contribution in [0.5, 0.6) is 5.75 Å². The number of H-pyrrole nitrogens is 1. The van der Waals surface area contributed by atoms with Gasteiger partial charge >= 0.3 is 0 Å². The number of hydrogen-bond acceptors (Lipinski definition) is 2. The topological polar surface area (TPSA) is 65.1 Å². The van der Waals surface area contributed by atoms with Crippen LogP contribution in [0.4, 0.5) is 0 Å². The highest BCUT2D eigenvalue weighted by Crippen LogP contribution is 2.23. The zero-order valence-corrected chi connectivity index (χ0v) is 20.8. The van der Waals surface area contributed by atoms with Gasteiger partial charge in [-0.2, -0.15) is 0 Å². The van der Waals surface area contributed by atoms with Crippen LogP contribution in [0.15, 0.2) is 73.0 Å². The first-order chi connectivity index (χ1) is 16.7. The molecule has 1 heterocycles. The Bertz CT molecular complexity index is 950. The molecule has 0 radical (unpaired) electrons. The fourth-order valence-electron chi connectivity index (χ4n) is 3.74. The molecule has 4 nitrogen and oxygen atoms in total. The summed E-state index contributed by atoms with van der Waals surface area (Å²) in [6, 6.07) is 5.29. The first kappa shape index (κ1) is 27.2. The van der Waals surface area contributed by atoms with Gasteiger partial charge in [0.15, 0.2) is 0 Å². The molecule has 0 fully saturated rings. The second-order valence-corrected chi connectivity index (χ2v) is 8.62. The fraction of sp³-hybridized carbons (Fsp3) is 0.433. The van der Waals surface area contributed by atoms with Gasteiger partial charge in [0, 0.05) is 30.1 Å². The fourth-order valence-corrected chi connectivity index (χ4v) is 3.74. The Kier molecular flexibility index (Phi) is 14.0. The van der Waals surface area contributed by atoms with Gasteiger partial charge in [0.05, 0.1) is 0 Å². The Labute approximate surface area is 205 Å². The SMILES string of the molecule is CCCCC/C=C\C/C=C\C/C=C/C/C=C\CCCC(=O)NCCc1c[nH]c2ccc(O)cc12. The summed E-state index contributed by atoms with van der Waals surface area (Å²) >= 11 is 0. The van der Waals surface area contributed by atoms with E-state index in [1.54, 1.807) is 12.1 Å². The zero-order valence-electron chi connectivity index (χ0n) is 20.8. The van der Waals surface area contributed by atoms with Crippen molar-refractivity contribution in [3.8, 4) is 5.75 Å². The maximum absolute atomic E-state index is 12.0. The molecular weight excluding hydrogens is 420 g/mol. The summed E-state index contributed by atoms with van der Waals surface area (Å²) in [4.78, 5) is 15.2. The van der Waals surface area contributed by atoms with Crippen molar-refractivity contribution in [2.45, 2.75) is 77.6 Å².